The molecule has 1 N–H and O–H groups in total. The number of aromatic nitrogens is 1. The second-order valence-electron chi connectivity index (χ2n) is 7.23. The van der Waals surface area contributed by atoms with Gasteiger partial charge in [-0.25, -0.2) is 0 Å². The number of amides is 1. The lowest BCUT2D eigenvalue weighted by Gasteiger charge is -2.45. The van der Waals surface area contributed by atoms with Crippen LogP contribution >= 0.6 is 0 Å². The Bertz CT molecular complexity index is 524. The molecule has 1 amide bonds. The Labute approximate surface area is 138 Å². The van der Waals surface area contributed by atoms with Gasteiger partial charge in [-0.05, 0) is 41.5 Å². The van der Waals surface area contributed by atoms with Crippen LogP contribution in [-0.2, 0) is 16.0 Å². The number of carbonyl (C=O) groups excluding carboxylic acids is 1. The van der Waals surface area contributed by atoms with Crippen molar-refractivity contribution in [3.05, 3.63) is 17.0 Å². The number of carbonyl (C=O) groups is 1. The molecule has 1 aromatic rings. The maximum Gasteiger partial charge on any atom is 0.224 e. The molecule has 2 atom stereocenters. The van der Waals surface area contributed by atoms with Crippen LogP contribution in [0, 0.1) is 13.8 Å². The summed E-state index contributed by atoms with van der Waals surface area (Å²) in [5.74, 6) is 0.717. The van der Waals surface area contributed by atoms with Crippen LogP contribution in [-0.4, -0.2) is 53.3 Å². The van der Waals surface area contributed by atoms with Gasteiger partial charge in [0.25, 0.3) is 0 Å². The van der Waals surface area contributed by atoms with Gasteiger partial charge in [-0.1, -0.05) is 5.16 Å². The fourth-order valence-electron chi connectivity index (χ4n) is 3.08. The molecule has 2 unspecified atom stereocenters. The molecule has 0 aliphatic carbocycles. The van der Waals surface area contributed by atoms with Crippen LogP contribution < -0.4 is 5.32 Å². The highest BCUT2D eigenvalue weighted by Gasteiger charge is 2.33. The van der Waals surface area contributed by atoms with Crippen molar-refractivity contribution in [2.45, 2.75) is 65.7 Å². The molecule has 0 spiro atoms. The first-order valence-electron chi connectivity index (χ1n) is 8.28. The van der Waals surface area contributed by atoms with Gasteiger partial charge in [0.05, 0.1) is 24.3 Å². The lowest BCUT2D eigenvalue weighted by molar-refractivity contribution is -0.122. The third-order valence-corrected chi connectivity index (χ3v) is 4.51. The van der Waals surface area contributed by atoms with E-state index in [-0.39, 0.29) is 23.7 Å². The molecular weight excluding hydrogens is 294 g/mol. The summed E-state index contributed by atoms with van der Waals surface area (Å²) in [5.41, 5.74) is 1.56. The normalized spacial score (nSPS) is 23.0. The third kappa shape index (κ3) is 4.54. The molecule has 130 valence electrons. The summed E-state index contributed by atoms with van der Waals surface area (Å²) in [6.07, 6.45) is 0.750. The van der Waals surface area contributed by atoms with Crippen molar-refractivity contribution < 1.29 is 14.1 Å². The fraction of sp³-hybridized carbons (Fsp3) is 0.765. The molecular formula is C17H29N3O3. The Morgan fingerprint density at radius 2 is 1.91 bits per heavy atom. The van der Waals surface area contributed by atoms with E-state index in [9.17, 15) is 4.79 Å². The van der Waals surface area contributed by atoms with Gasteiger partial charge in [0.2, 0.25) is 5.91 Å². The Kier molecular flexibility index (Phi) is 5.47. The summed E-state index contributed by atoms with van der Waals surface area (Å²) in [4.78, 5) is 14.6. The molecule has 0 bridgehead atoms. The largest absolute Gasteiger partial charge is 0.373 e. The van der Waals surface area contributed by atoms with E-state index in [1.54, 1.807) is 0 Å². The Morgan fingerprint density at radius 1 is 1.30 bits per heavy atom. The predicted octanol–water partition coefficient (Wildman–Crippen LogP) is 1.84. The van der Waals surface area contributed by atoms with Gasteiger partial charge in [-0.15, -0.1) is 0 Å². The molecule has 1 aliphatic rings. The minimum absolute atomic E-state index is 0.00170. The van der Waals surface area contributed by atoms with Gasteiger partial charge in [0.15, 0.2) is 0 Å². The van der Waals surface area contributed by atoms with E-state index in [1.807, 2.05) is 13.8 Å². The second-order valence-corrected chi connectivity index (χ2v) is 7.23. The predicted molar refractivity (Wildman–Crippen MR) is 88.4 cm³/mol. The first-order chi connectivity index (χ1) is 10.7. The van der Waals surface area contributed by atoms with Crippen molar-refractivity contribution >= 4 is 5.91 Å². The number of morpholine rings is 1. The Balaban J connectivity index is 1.89. The molecule has 23 heavy (non-hydrogen) atoms. The lowest BCUT2D eigenvalue weighted by atomic mass is 10.00. The molecule has 0 saturated carbocycles. The summed E-state index contributed by atoms with van der Waals surface area (Å²) >= 11 is 0. The molecule has 6 nitrogen and oxygen atoms in total. The molecule has 2 heterocycles. The number of hydrogen-bond donors (Lipinski definition) is 1. The van der Waals surface area contributed by atoms with Crippen molar-refractivity contribution in [1.82, 2.24) is 15.4 Å². The smallest absolute Gasteiger partial charge is 0.224 e. The quantitative estimate of drug-likeness (QED) is 0.895. The monoisotopic (exact) mass is 323 g/mol. The van der Waals surface area contributed by atoms with Gasteiger partial charge in [0.1, 0.15) is 5.76 Å². The molecule has 1 saturated heterocycles. The minimum Gasteiger partial charge on any atom is -0.373 e. The number of hydrogen-bond acceptors (Lipinski definition) is 5. The SMILES string of the molecule is Cc1noc(C)c1CC(=O)NCC(C)(C)N1CC(C)OC(C)C1. The minimum atomic E-state index is -0.110. The highest BCUT2D eigenvalue weighted by Crippen LogP contribution is 2.21. The number of rotatable bonds is 5. The highest BCUT2D eigenvalue weighted by molar-refractivity contribution is 5.79. The molecule has 1 aliphatic heterocycles. The summed E-state index contributed by atoms with van der Waals surface area (Å²) in [6, 6.07) is 0. The first kappa shape index (κ1) is 17.9. The zero-order valence-corrected chi connectivity index (χ0v) is 15.1. The van der Waals surface area contributed by atoms with E-state index in [1.165, 1.54) is 0 Å². The Hall–Kier alpha value is -1.40. The van der Waals surface area contributed by atoms with Crippen molar-refractivity contribution in [2.75, 3.05) is 19.6 Å². The molecule has 0 radical (unpaired) electrons. The van der Waals surface area contributed by atoms with Crippen LogP contribution in [0.5, 0.6) is 0 Å². The van der Waals surface area contributed by atoms with Crippen molar-refractivity contribution in [1.29, 1.82) is 0 Å². The van der Waals surface area contributed by atoms with Crippen LogP contribution in [0.3, 0.4) is 0 Å². The second kappa shape index (κ2) is 7.01. The van der Waals surface area contributed by atoms with Crippen LogP contribution in [0.4, 0.5) is 0 Å². The topological polar surface area (TPSA) is 67.6 Å². The van der Waals surface area contributed by atoms with E-state index >= 15 is 0 Å². The van der Waals surface area contributed by atoms with E-state index in [4.69, 9.17) is 9.26 Å². The van der Waals surface area contributed by atoms with E-state index < -0.39 is 0 Å². The molecule has 6 heteroatoms. The van der Waals surface area contributed by atoms with Gasteiger partial charge in [-0.2, -0.15) is 0 Å². The van der Waals surface area contributed by atoms with Crippen LogP contribution in [0.1, 0.15) is 44.7 Å². The van der Waals surface area contributed by atoms with Gasteiger partial charge in [0, 0.05) is 30.7 Å². The molecule has 1 aromatic heterocycles. The fourth-order valence-corrected chi connectivity index (χ4v) is 3.08. The number of nitrogens with one attached hydrogen (secondary N) is 1. The number of aryl methyl sites for hydroxylation is 2. The van der Waals surface area contributed by atoms with E-state index in [2.05, 4.69) is 43.1 Å². The highest BCUT2D eigenvalue weighted by atomic mass is 16.5. The Morgan fingerprint density at radius 3 is 2.43 bits per heavy atom. The maximum absolute atomic E-state index is 12.2. The third-order valence-electron chi connectivity index (χ3n) is 4.51. The van der Waals surface area contributed by atoms with Crippen LogP contribution in [0.15, 0.2) is 4.52 Å². The average molecular weight is 323 g/mol. The standard InChI is InChI=1S/C17H29N3O3/c1-11-8-20(9-12(2)22-11)17(5,6)10-18-16(21)7-15-13(3)19-23-14(15)4/h11-12H,7-10H2,1-6H3,(H,18,21). The van der Waals surface area contributed by atoms with Gasteiger partial charge < -0.3 is 14.6 Å². The van der Waals surface area contributed by atoms with Gasteiger partial charge >= 0.3 is 0 Å². The number of ether oxygens (including phenoxy) is 1. The van der Waals surface area contributed by atoms with Crippen molar-refractivity contribution in [3.63, 3.8) is 0 Å². The first-order valence-corrected chi connectivity index (χ1v) is 8.28. The molecule has 1 fully saturated rings. The summed E-state index contributed by atoms with van der Waals surface area (Å²) in [5, 5.41) is 6.94. The van der Waals surface area contributed by atoms with Crippen molar-refractivity contribution in [2.24, 2.45) is 0 Å². The summed E-state index contributed by atoms with van der Waals surface area (Å²) < 4.78 is 10.9. The zero-order valence-electron chi connectivity index (χ0n) is 15.1. The van der Waals surface area contributed by atoms with E-state index in [0.717, 1.165) is 24.3 Å². The van der Waals surface area contributed by atoms with Crippen LogP contribution in [0.2, 0.25) is 0 Å². The lowest BCUT2D eigenvalue weighted by Crippen LogP contribution is -2.58. The van der Waals surface area contributed by atoms with E-state index in [0.29, 0.717) is 18.7 Å². The average Bonchev–Trinajstić information content (AvgIpc) is 2.76. The zero-order chi connectivity index (χ0) is 17.2. The maximum atomic E-state index is 12.2. The molecule has 0 aromatic carbocycles. The summed E-state index contributed by atoms with van der Waals surface area (Å²) in [6.45, 7) is 14.6. The van der Waals surface area contributed by atoms with Crippen molar-refractivity contribution in [3.8, 4) is 0 Å². The molecule has 2 rings (SSSR count). The van der Waals surface area contributed by atoms with Gasteiger partial charge in [-0.3, -0.25) is 9.69 Å². The number of nitrogens with zero attached hydrogens (tertiary/aromatic N) is 2. The van der Waals surface area contributed by atoms with Crippen LogP contribution in [0.25, 0.3) is 0 Å². The summed E-state index contributed by atoms with van der Waals surface area (Å²) in [7, 11) is 0.